The number of Topliss-reactive ketones (excluding diaryl/α,β-unsaturated/α-hetero) is 1. The second-order valence-electron chi connectivity index (χ2n) is 4.97. The fourth-order valence-corrected chi connectivity index (χ4v) is 2.70. The number of likely N-dealkylation sites (tertiary alicyclic amines) is 1. The van der Waals surface area contributed by atoms with Crippen molar-refractivity contribution in [2.24, 2.45) is 5.92 Å². The van der Waals surface area contributed by atoms with Gasteiger partial charge in [-0.1, -0.05) is 24.6 Å². The van der Waals surface area contributed by atoms with E-state index in [2.05, 4.69) is 17.9 Å². The second kappa shape index (κ2) is 6.18. The average Bonchev–Trinajstić information content (AvgIpc) is 2.43. The normalized spacial score (nSPS) is 20.3. The molecule has 1 heterocycles. The monoisotopic (exact) mass is 276 g/mol. The molecule has 1 aromatic rings. The van der Waals surface area contributed by atoms with Gasteiger partial charge >= 0.3 is 0 Å². The molecule has 0 bridgehead atoms. The van der Waals surface area contributed by atoms with E-state index in [0.29, 0.717) is 22.8 Å². The van der Waals surface area contributed by atoms with Gasteiger partial charge in [-0.25, -0.2) is 0 Å². The Morgan fingerprint density at radius 3 is 2.95 bits per heavy atom. The summed E-state index contributed by atoms with van der Waals surface area (Å²) in [7, 11) is 0. The summed E-state index contributed by atoms with van der Waals surface area (Å²) in [5.41, 5.74) is 1.60. The quantitative estimate of drug-likeness (QED) is 0.852. The minimum atomic E-state index is 0.158. The first-order chi connectivity index (χ1) is 9.13. The first-order valence-corrected chi connectivity index (χ1v) is 6.95. The molecule has 4 heteroatoms. The molecule has 0 N–H and O–H groups in total. The molecule has 0 radical (unpaired) electrons. The van der Waals surface area contributed by atoms with Gasteiger partial charge in [-0.3, -0.25) is 9.69 Å². The first-order valence-electron chi connectivity index (χ1n) is 6.57. The number of carbonyl (C=O) groups excluding carboxylic acids is 1. The Morgan fingerprint density at radius 2 is 2.32 bits per heavy atom. The summed E-state index contributed by atoms with van der Waals surface area (Å²) in [6.07, 6.45) is 1.53. The van der Waals surface area contributed by atoms with Gasteiger partial charge in [0.1, 0.15) is 5.78 Å². The van der Waals surface area contributed by atoms with Gasteiger partial charge in [-0.2, -0.15) is 5.26 Å². The van der Waals surface area contributed by atoms with Crippen LogP contribution >= 0.6 is 11.6 Å². The molecule has 1 unspecified atom stereocenters. The lowest BCUT2D eigenvalue weighted by Crippen LogP contribution is -2.40. The van der Waals surface area contributed by atoms with Crippen molar-refractivity contribution in [2.75, 3.05) is 13.1 Å². The van der Waals surface area contributed by atoms with Crippen molar-refractivity contribution < 1.29 is 4.79 Å². The van der Waals surface area contributed by atoms with Gasteiger partial charge in [0.15, 0.2) is 0 Å². The van der Waals surface area contributed by atoms with Gasteiger partial charge < -0.3 is 0 Å². The molecule has 3 nitrogen and oxygen atoms in total. The standard InChI is InChI=1S/C15H17ClN2O/c1-2-12-9-18(6-5-15(12)19)10-13-4-3-11(8-17)7-14(13)16/h3-4,7,12H,2,5-6,9-10H2,1H3. The van der Waals surface area contributed by atoms with E-state index < -0.39 is 0 Å². The van der Waals surface area contributed by atoms with Crippen molar-refractivity contribution in [1.82, 2.24) is 4.90 Å². The Morgan fingerprint density at radius 1 is 1.53 bits per heavy atom. The summed E-state index contributed by atoms with van der Waals surface area (Å²) in [6, 6.07) is 7.46. The van der Waals surface area contributed by atoms with Gasteiger partial charge in [0.25, 0.3) is 0 Å². The highest BCUT2D eigenvalue weighted by atomic mass is 35.5. The maximum atomic E-state index is 11.7. The van der Waals surface area contributed by atoms with Gasteiger partial charge in [-0.05, 0) is 24.1 Å². The third kappa shape index (κ3) is 3.34. The van der Waals surface area contributed by atoms with Crippen molar-refractivity contribution in [3.8, 4) is 6.07 Å². The molecule has 0 aromatic heterocycles. The van der Waals surface area contributed by atoms with Crippen molar-refractivity contribution >= 4 is 17.4 Å². The van der Waals surface area contributed by atoms with Crippen LogP contribution in [0.1, 0.15) is 30.9 Å². The average molecular weight is 277 g/mol. The number of nitriles is 1. The van der Waals surface area contributed by atoms with Crippen LogP contribution in [0.2, 0.25) is 5.02 Å². The van der Waals surface area contributed by atoms with Gasteiger partial charge in [0.05, 0.1) is 11.6 Å². The number of nitrogens with zero attached hydrogens (tertiary/aromatic N) is 2. The summed E-state index contributed by atoms with van der Waals surface area (Å²) in [5, 5.41) is 9.44. The lowest BCUT2D eigenvalue weighted by Gasteiger charge is -2.31. The Bertz CT molecular complexity index is 521. The fourth-order valence-electron chi connectivity index (χ4n) is 2.46. The summed E-state index contributed by atoms with van der Waals surface area (Å²) >= 11 is 6.18. The third-order valence-corrected chi connectivity index (χ3v) is 4.03. The molecule has 19 heavy (non-hydrogen) atoms. The molecule has 1 aromatic carbocycles. The van der Waals surface area contributed by atoms with Crippen LogP contribution in [0.5, 0.6) is 0 Å². The van der Waals surface area contributed by atoms with Crippen molar-refractivity contribution in [3.05, 3.63) is 34.3 Å². The topological polar surface area (TPSA) is 44.1 Å². The molecule has 100 valence electrons. The fraction of sp³-hybridized carbons (Fsp3) is 0.467. The van der Waals surface area contributed by atoms with Gasteiger partial charge in [0, 0.05) is 37.0 Å². The zero-order valence-corrected chi connectivity index (χ0v) is 11.8. The zero-order valence-electron chi connectivity index (χ0n) is 11.0. The largest absolute Gasteiger partial charge is 0.299 e. The number of halogens is 1. The lowest BCUT2D eigenvalue weighted by atomic mass is 9.94. The van der Waals surface area contributed by atoms with E-state index in [9.17, 15) is 4.79 Å². The molecule has 1 aliphatic heterocycles. The van der Waals surface area contributed by atoms with E-state index in [1.165, 1.54) is 0 Å². The molecule has 0 spiro atoms. The Labute approximate surface area is 118 Å². The molecule has 1 saturated heterocycles. The van der Waals surface area contributed by atoms with Crippen LogP contribution in [0.15, 0.2) is 18.2 Å². The van der Waals surface area contributed by atoms with Crippen molar-refractivity contribution in [1.29, 1.82) is 5.26 Å². The smallest absolute Gasteiger partial charge is 0.138 e. The number of piperidine rings is 1. The number of carbonyl (C=O) groups is 1. The highest BCUT2D eigenvalue weighted by Gasteiger charge is 2.25. The van der Waals surface area contributed by atoms with Crippen LogP contribution in [0.25, 0.3) is 0 Å². The highest BCUT2D eigenvalue weighted by Crippen LogP contribution is 2.23. The first kappa shape index (κ1) is 14.0. The maximum Gasteiger partial charge on any atom is 0.138 e. The predicted octanol–water partition coefficient (Wildman–Crippen LogP) is 3.01. The van der Waals surface area contributed by atoms with Crippen LogP contribution in [0, 0.1) is 17.2 Å². The summed E-state index contributed by atoms with van der Waals surface area (Å²) in [6.45, 7) is 4.41. The van der Waals surface area contributed by atoms with Crippen molar-refractivity contribution in [3.63, 3.8) is 0 Å². The number of hydrogen-bond donors (Lipinski definition) is 0. The van der Waals surface area contributed by atoms with E-state index in [4.69, 9.17) is 16.9 Å². The van der Waals surface area contributed by atoms with Crippen LogP contribution in [-0.2, 0) is 11.3 Å². The summed E-state index contributed by atoms with van der Waals surface area (Å²) in [5.74, 6) is 0.538. The maximum absolute atomic E-state index is 11.7. The molecule has 1 fully saturated rings. The molecule has 1 atom stereocenters. The lowest BCUT2D eigenvalue weighted by molar-refractivity contribution is -0.126. The number of rotatable bonds is 3. The minimum Gasteiger partial charge on any atom is -0.299 e. The number of hydrogen-bond acceptors (Lipinski definition) is 3. The van der Waals surface area contributed by atoms with E-state index in [1.54, 1.807) is 12.1 Å². The molecule has 0 aliphatic carbocycles. The van der Waals surface area contributed by atoms with E-state index in [0.717, 1.165) is 31.6 Å². The SMILES string of the molecule is CCC1CN(Cc2ccc(C#N)cc2Cl)CCC1=O. The number of benzene rings is 1. The highest BCUT2D eigenvalue weighted by molar-refractivity contribution is 6.31. The minimum absolute atomic E-state index is 0.158. The van der Waals surface area contributed by atoms with Crippen LogP contribution in [0.3, 0.4) is 0 Å². The molecular weight excluding hydrogens is 260 g/mol. The predicted molar refractivity (Wildman–Crippen MR) is 74.8 cm³/mol. The molecule has 0 saturated carbocycles. The van der Waals surface area contributed by atoms with Gasteiger partial charge in [0.2, 0.25) is 0 Å². The van der Waals surface area contributed by atoms with Crippen LogP contribution in [-0.4, -0.2) is 23.8 Å². The molecular formula is C15H17ClN2O. The van der Waals surface area contributed by atoms with Gasteiger partial charge in [-0.15, -0.1) is 0 Å². The third-order valence-electron chi connectivity index (χ3n) is 3.68. The van der Waals surface area contributed by atoms with E-state index in [-0.39, 0.29) is 5.92 Å². The molecule has 2 rings (SSSR count). The summed E-state index contributed by atoms with van der Waals surface area (Å²) in [4.78, 5) is 14.0. The summed E-state index contributed by atoms with van der Waals surface area (Å²) < 4.78 is 0. The Kier molecular flexibility index (Phi) is 4.57. The molecule has 1 aliphatic rings. The van der Waals surface area contributed by atoms with E-state index >= 15 is 0 Å². The number of ketones is 1. The van der Waals surface area contributed by atoms with Crippen LogP contribution < -0.4 is 0 Å². The Balaban J connectivity index is 2.06. The Hall–Kier alpha value is -1.37. The zero-order chi connectivity index (χ0) is 13.8. The van der Waals surface area contributed by atoms with E-state index in [1.807, 2.05) is 6.07 Å². The van der Waals surface area contributed by atoms with Crippen molar-refractivity contribution in [2.45, 2.75) is 26.3 Å². The van der Waals surface area contributed by atoms with Crippen LogP contribution in [0.4, 0.5) is 0 Å². The molecule has 0 amide bonds. The second-order valence-corrected chi connectivity index (χ2v) is 5.38.